The van der Waals surface area contributed by atoms with Crippen molar-refractivity contribution in [2.75, 3.05) is 26.2 Å². The lowest BCUT2D eigenvalue weighted by Crippen LogP contribution is -2.58. The lowest BCUT2D eigenvalue weighted by molar-refractivity contribution is -0.138. The van der Waals surface area contributed by atoms with Gasteiger partial charge in [-0.15, -0.1) is 0 Å². The van der Waals surface area contributed by atoms with E-state index in [1.54, 1.807) is 6.92 Å². The van der Waals surface area contributed by atoms with Gasteiger partial charge < -0.3 is 57.8 Å². The van der Waals surface area contributed by atoms with Gasteiger partial charge in [0.1, 0.15) is 24.2 Å². The third kappa shape index (κ3) is 20.9. The molecule has 0 radical (unpaired) electrons. The van der Waals surface area contributed by atoms with Crippen molar-refractivity contribution in [1.29, 1.82) is 0 Å². The molecule has 7 atom stereocenters. The first-order valence-electron chi connectivity index (χ1n) is 23.6. The van der Waals surface area contributed by atoms with Crippen molar-refractivity contribution in [3.8, 4) is 0 Å². The number of carboxylic acids is 1. The van der Waals surface area contributed by atoms with Crippen LogP contribution in [0.4, 0.5) is 0 Å². The number of hydrogen-bond acceptors (Lipinski definition) is 11. The van der Waals surface area contributed by atoms with Gasteiger partial charge in [0.25, 0.3) is 0 Å². The molecule has 1 aliphatic heterocycles. The summed E-state index contributed by atoms with van der Waals surface area (Å²) >= 11 is 0. The molecule has 2 rings (SSSR count). The minimum atomic E-state index is -1.33. The molecule has 1 saturated heterocycles. The van der Waals surface area contributed by atoms with Gasteiger partial charge in [0.15, 0.2) is 0 Å². The number of carbonyl (C=O) groups excluding carboxylic acids is 5. The average molecular weight is 879 g/mol. The molecule has 1 aliphatic carbocycles. The maximum atomic E-state index is 13.7. The van der Waals surface area contributed by atoms with Crippen LogP contribution in [0, 0.1) is 5.41 Å². The molecule has 0 spiro atoms. The van der Waals surface area contributed by atoms with Gasteiger partial charge in [-0.05, 0) is 116 Å². The molecule has 0 aromatic carbocycles. The summed E-state index contributed by atoms with van der Waals surface area (Å²) in [5.74, 6) is -4.57. The highest BCUT2D eigenvalue weighted by atomic mass is 16.7. The molecule has 0 aromatic rings. The van der Waals surface area contributed by atoms with Crippen molar-refractivity contribution < 1.29 is 43.2 Å². The van der Waals surface area contributed by atoms with Gasteiger partial charge in [-0.25, -0.2) is 0 Å². The Bertz CT molecular complexity index is 1390. The van der Waals surface area contributed by atoms with Gasteiger partial charge in [0.05, 0.1) is 17.6 Å². The molecule has 62 heavy (non-hydrogen) atoms. The second kappa shape index (κ2) is 29.2. The van der Waals surface area contributed by atoms with Crippen LogP contribution >= 0.6 is 0 Å². The molecule has 18 heteroatoms. The van der Waals surface area contributed by atoms with Crippen molar-refractivity contribution in [3.63, 3.8) is 0 Å². The van der Waals surface area contributed by atoms with E-state index in [0.717, 1.165) is 38.6 Å². The normalized spacial score (nSPS) is 20.5. The molecular formula is C44H83BN8O9. The second-order valence-electron chi connectivity index (χ2n) is 18.5. The van der Waals surface area contributed by atoms with Crippen LogP contribution in [-0.2, 0) is 38.1 Å². The minimum Gasteiger partial charge on any atom is -0.481 e. The van der Waals surface area contributed by atoms with Crippen molar-refractivity contribution in [1.82, 2.24) is 31.9 Å². The highest BCUT2D eigenvalue weighted by molar-refractivity contribution is 6.47. The summed E-state index contributed by atoms with van der Waals surface area (Å²) in [4.78, 5) is 78.9. The zero-order valence-corrected chi connectivity index (χ0v) is 38.9. The Morgan fingerprint density at radius 2 is 1.23 bits per heavy atom. The van der Waals surface area contributed by atoms with E-state index in [4.69, 9.17) is 20.8 Å². The van der Waals surface area contributed by atoms with Crippen molar-refractivity contribution in [3.05, 3.63) is 0 Å². The van der Waals surface area contributed by atoms with E-state index in [-0.39, 0.29) is 43.1 Å². The van der Waals surface area contributed by atoms with Gasteiger partial charge in [-0.2, -0.15) is 0 Å². The molecule has 2 fully saturated rings. The number of rotatable bonds is 33. The highest BCUT2D eigenvalue weighted by Crippen LogP contribution is 2.47. The van der Waals surface area contributed by atoms with E-state index in [2.05, 4.69) is 59.6 Å². The Hall–Kier alpha value is -3.32. The number of amides is 5. The minimum absolute atomic E-state index is 0.0871. The number of aliphatic carboxylic acids is 1. The number of unbranched alkanes of at least 4 members (excludes halogenated alkanes) is 9. The van der Waals surface area contributed by atoms with Crippen LogP contribution in [0.2, 0.25) is 0 Å². The van der Waals surface area contributed by atoms with Crippen LogP contribution in [-0.4, -0.2) is 116 Å². The fraction of sp³-hybridized carbons (Fsp3) is 0.864. The second-order valence-corrected chi connectivity index (χ2v) is 18.5. The lowest BCUT2D eigenvalue weighted by Gasteiger charge is -2.43. The lowest BCUT2D eigenvalue weighted by atomic mass is 9.69. The highest BCUT2D eigenvalue weighted by Gasteiger charge is 2.55. The van der Waals surface area contributed by atoms with Crippen molar-refractivity contribution in [2.45, 2.75) is 212 Å². The van der Waals surface area contributed by atoms with Gasteiger partial charge in [-0.1, -0.05) is 65.7 Å². The molecule has 1 saturated carbocycles. The Balaban J connectivity index is 2.00. The molecule has 2 aliphatic rings. The molecule has 17 nitrogen and oxygen atoms in total. The number of nitrogens with one attached hydrogen (secondary N) is 6. The first-order valence-corrected chi connectivity index (χ1v) is 23.6. The number of hydrogen-bond donors (Lipinski definition) is 9. The SMILES string of the molecule is CCCCCCCCCCNCCC(=O)N[C@@H](CCCCN)C(=O)N[C@@H](CCC(=O)O)C(=O)N[C@@H](C)C(=O)N[C@@H](CCCCN)C(=O)N[C@@H](C)B1O[C@@H]2CCC(C)(C)C[C@]2(C)O1. The zero-order chi connectivity index (χ0) is 46.1. The topological polar surface area (TPSA) is 265 Å². The van der Waals surface area contributed by atoms with Crippen LogP contribution in [0.25, 0.3) is 0 Å². The fourth-order valence-electron chi connectivity index (χ4n) is 8.36. The summed E-state index contributed by atoms with van der Waals surface area (Å²) in [5.41, 5.74) is 11.0. The smallest absolute Gasteiger partial charge is 0.481 e. The first kappa shape index (κ1) is 54.8. The summed E-state index contributed by atoms with van der Waals surface area (Å²) < 4.78 is 12.7. The first-order chi connectivity index (χ1) is 29.4. The Labute approximate surface area is 371 Å². The fourth-order valence-corrected chi connectivity index (χ4v) is 8.36. The van der Waals surface area contributed by atoms with Gasteiger partial charge in [0.2, 0.25) is 29.5 Å². The predicted octanol–water partition coefficient (Wildman–Crippen LogP) is 3.11. The molecule has 1 heterocycles. The molecular weight excluding hydrogens is 795 g/mol. The average Bonchev–Trinajstić information content (AvgIpc) is 3.56. The van der Waals surface area contributed by atoms with Gasteiger partial charge in [-0.3, -0.25) is 28.8 Å². The summed E-state index contributed by atoms with van der Waals surface area (Å²) in [6.07, 6.45) is 14.6. The monoisotopic (exact) mass is 879 g/mol. The largest absolute Gasteiger partial charge is 0.481 e. The molecule has 0 bridgehead atoms. The van der Waals surface area contributed by atoms with E-state index in [0.29, 0.717) is 45.3 Å². The molecule has 5 amide bonds. The van der Waals surface area contributed by atoms with E-state index in [1.807, 2.05) is 0 Å². The van der Waals surface area contributed by atoms with E-state index in [1.165, 1.54) is 45.4 Å². The molecule has 11 N–H and O–H groups in total. The van der Waals surface area contributed by atoms with E-state index in [9.17, 15) is 33.9 Å². The van der Waals surface area contributed by atoms with Crippen molar-refractivity contribution in [2.24, 2.45) is 16.9 Å². The van der Waals surface area contributed by atoms with Crippen LogP contribution in [0.1, 0.15) is 170 Å². The maximum absolute atomic E-state index is 13.7. The van der Waals surface area contributed by atoms with Crippen LogP contribution in [0.3, 0.4) is 0 Å². The summed E-state index contributed by atoms with van der Waals surface area (Å²) in [6, 6.07) is -4.45. The summed E-state index contributed by atoms with van der Waals surface area (Å²) in [5, 5.41) is 26.4. The number of carbonyl (C=O) groups is 6. The number of carboxylic acid groups (broad SMARTS) is 1. The quantitative estimate of drug-likeness (QED) is 0.0340. The van der Waals surface area contributed by atoms with Crippen LogP contribution in [0.15, 0.2) is 0 Å². The van der Waals surface area contributed by atoms with E-state index < -0.39 is 78.8 Å². The van der Waals surface area contributed by atoms with Gasteiger partial charge >= 0.3 is 13.1 Å². The van der Waals surface area contributed by atoms with Crippen LogP contribution in [0.5, 0.6) is 0 Å². The molecule has 356 valence electrons. The Morgan fingerprint density at radius 1 is 0.677 bits per heavy atom. The number of nitrogens with two attached hydrogens (primary N) is 2. The number of fused-ring (bicyclic) bond motifs is 1. The Kier molecular flexibility index (Phi) is 25.8. The standard InChI is InChI=1S/C44H83BN8O9/c1-7-8-9-10-11-12-13-18-28-48-29-24-37(54)51-33(19-14-16-26-46)42(60)53-35(21-22-38(55)56)40(58)49-31(2)39(57)52-34(20-15-17-27-47)41(59)50-32(3)45-61-36-23-25-43(4,5)30-44(36,6)62-45/h31-36,48H,7-30,46-47H2,1-6H3,(H,49,58)(H,50,59)(H,51,54)(H,52,57)(H,53,60)(H,55,56)/t31-,32-,33-,34-,35-,36+,44-/m0/s1. The van der Waals surface area contributed by atoms with Crippen molar-refractivity contribution >= 4 is 42.6 Å². The predicted molar refractivity (Wildman–Crippen MR) is 242 cm³/mol. The summed E-state index contributed by atoms with van der Waals surface area (Å²) in [6.45, 7) is 14.0. The third-order valence-corrected chi connectivity index (χ3v) is 12.0. The zero-order valence-electron chi connectivity index (χ0n) is 38.9. The van der Waals surface area contributed by atoms with Crippen LogP contribution < -0.4 is 43.4 Å². The Morgan fingerprint density at radius 3 is 1.84 bits per heavy atom. The van der Waals surface area contributed by atoms with E-state index >= 15 is 0 Å². The maximum Gasteiger partial charge on any atom is 0.481 e. The molecule has 0 unspecified atom stereocenters. The summed E-state index contributed by atoms with van der Waals surface area (Å²) in [7, 11) is -0.667. The van der Waals surface area contributed by atoms with Gasteiger partial charge in [0, 0.05) is 19.4 Å². The molecule has 0 aromatic heterocycles. The third-order valence-electron chi connectivity index (χ3n) is 12.0.